The first-order chi connectivity index (χ1) is 31.7. The Balaban J connectivity index is 0.878. The van der Waals surface area contributed by atoms with E-state index in [0.29, 0.717) is 68.2 Å². The highest BCUT2D eigenvalue weighted by Gasteiger charge is 2.22. The molecule has 0 aliphatic carbocycles. The second-order valence-electron chi connectivity index (χ2n) is 16.2. The fourth-order valence-electron chi connectivity index (χ4n) is 7.41. The lowest BCUT2D eigenvalue weighted by molar-refractivity contribution is 0.477. The largest absolute Gasteiger partial charge is 0.457 e. The van der Waals surface area contributed by atoms with Crippen LogP contribution in [0, 0.1) is 27.7 Å². The molecule has 8 rings (SSSR count). The van der Waals surface area contributed by atoms with E-state index in [1.165, 1.54) is 11.1 Å². The van der Waals surface area contributed by atoms with E-state index in [-0.39, 0.29) is 19.6 Å². The second kappa shape index (κ2) is 19.1. The summed E-state index contributed by atoms with van der Waals surface area (Å²) in [7, 11) is -7.61. The van der Waals surface area contributed by atoms with Crippen LogP contribution in [0.5, 0.6) is 46.0 Å². The van der Waals surface area contributed by atoms with Crippen LogP contribution in [-0.4, -0.2) is 16.8 Å². The van der Waals surface area contributed by atoms with Crippen molar-refractivity contribution in [3.8, 4) is 57.1 Å². The van der Waals surface area contributed by atoms with Crippen molar-refractivity contribution < 1.29 is 35.8 Å². The standard InChI is InChI=1S/C56H50O8S2/c1-7-41-9-17-45(18-10-41)61-53-29-25-49(33-37(53)3)65(57,58)51-27-31-55(39(5)35-51)63-47-21-13-43(14-22-47)44-15-23-48(24-16-44)64-56-32-28-52(36-40(56)6)66(59,60)50-26-30-54(38(4)34-50)62-46-19-11-42(8-2)12-20-46/h9-36H,7-8H2,1-6H3. The van der Waals surface area contributed by atoms with Gasteiger partial charge in [0.25, 0.3) is 0 Å². The van der Waals surface area contributed by atoms with Crippen molar-refractivity contribution in [2.45, 2.75) is 74.0 Å². The fourth-order valence-corrected chi connectivity index (χ4v) is 10.3. The molecule has 0 saturated carbocycles. The van der Waals surface area contributed by atoms with Crippen LogP contribution < -0.4 is 18.9 Å². The summed E-state index contributed by atoms with van der Waals surface area (Å²) in [5, 5.41) is 0. The van der Waals surface area contributed by atoms with E-state index in [1.54, 1.807) is 72.8 Å². The van der Waals surface area contributed by atoms with E-state index in [4.69, 9.17) is 18.9 Å². The van der Waals surface area contributed by atoms with Gasteiger partial charge < -0.3 is 18.9 Å². The quantitative estimate of drug-likeness (QED) is 0.100. The molecule has 0 saturated heterocycles. The molecule has 0 atom stereocenters. The highest BCUT2D eigenvalue weighted by molar-refractivity contribution is 7.91. The molecule has 66 heavy (non-hydrogen) atoms. The first-order valence-electron chi connectivity index (χ1n) is 21.7. The molecule has 0 heterocycles. The molecule has 0 aliphatic rings. The number of sulfone groups is 2. The minimum atomic E-state index is -3.80. The molecule has 10 heteroatoms. The molecule has 0 spiro atoms. The smallest absolute Gasteiger partial charge is 0.206 e. The molecule has 0 fully saturated rings. The summed E-state index contributed by atoms with van der Waals surface area (Å²) < 4.78 is 79.2. The molecule has 0 aliphatic heterocycles. The summed E-state index contributed by atoms with van der Waals surface area (Å²) in [5.41, 5.74) is 7.11. The van der Waals surface area contributed by atoms with Gasteiger partial charge in [0.05, 0.1) is 19.6 Å². The SMILES string of the molecule is CCc1ccc(Oc2ccc(S(=O)(=O)c3ccc(Oc4ccc(-c5ccc(Oc6ccc(S(=O)(=O)c7ccc(Oc8ccc(CC)cc8)c(C)c7)cc6C)cc5)cc4)c(C)c3)cc2C)cc1. The van der Waals surface area contributed by atoms with Crippen LogP contribution in [-0.2, 0) is 32.5 Å². The van der Waals surface area contributed by atoms with Gasteiger partial charge in [-0.25, -0.2) is 16.8 Å². The highest BCUT2D eigenvalue weighted by Crippen LogP contribution is 2.36. The van der Waals surface area contributed by atoms with Gasteiger partial charge in [0, 0.05) is 0 Å². The van der Waals surface area contributed by atoms with Crippen molar-refractivity contribution in [3.63, 3.8) is 0 Å². The van der Waals surface area contributed by atoms with Crippen LogP contribution in [0.15, 0.2) is 189 Å². The summed E-state index contributed by atoms with van der Waals surface area (Å²) in [6, 6.07) is 50.5. The van der Waals surface area contributed by atoms with Crippen molar-refractivity contribution in [1.82, 2.24) is 0 Å². The Bertz CT molecular complexity index is 3030. The van der Waals surface area contributed by atoms with Crippen molar-refractivity contribution in [2.75, 3.05) is 0 Å². The number of aryl methyl sites for hydroxylation is 6. The lowest BCUT2D eigenvalue weighted by Gasteiger charge is -2.14. The Hall–Kier alpha value is -7.14. The lowest BCUT2D eigenvalue weighted by atomic mass is 10.1. The molecule has 0 unspecified atom stereocenters. The Morgan fingerprint density at radius 2 is 0.545 bits per heavy atom. The number of rotatable bonds is 15. The van der Waals surface area contributed by atoms with Gasteiger partial charge in [0.2, 0.25) is 19.7 Å². The molecule has 0 amide bonds. The highest BCUT2D eigenvalue weighted by atomic mass is 32.2. The first-order valence-corrected chi connectivity index (χ1v) is 24.7. The van der Waals surface area contributed by atoms with Crippen LogP contribution in [0.2, 0.25) is 0 Å². The van der Waals surface area contributed by atoms with Gasteiger partial charge in [-0.05, 0) is 206 Å². The third-order valence-corrected chi connectivity index (χ3v) is 14.9. The average Bonchev–Trinajstić information content (AvgIpc) is 3.32. The Morgan fingerprint density at radius 1 is 0.318 bits per heavy atom. The van der Waals surface area contributed by atoms with E-state index in [1.807, 2.05) is 125 Å². The van der Waals surface area contributed by atoms with Gasteiger partial charge in [-0.1, -0.05) is 62.4 Å². The maximum atomic E-state index is 13.7. The summed E-state index contributed by atoms with van der Waals surface area (Å²) in [5.74, 6) is 4.86. The number of hydrogen-bond donors (Lipinski definition) is 0. The molecular weight excluding hydrogens is 865 g/mol. The molecule has 8 nitrogen and oxygen atoms in total. The van der Waals surface area contributed by atoms with Crippen LogP contribution in [0.3, 0.4) is 0 Å². The van der Waals surface area contributed by atoms with E-state index >= 15 is 0 Å². The fraction of sp³-hybridized carbons (Fsp3) is 0.143. The zero-order valence-electron chi connectivity index (χ0n) is 37.7. The van der Waals surface area contributed by atoms with Crippen molar-refractivity contribution in [3.05, 3.63) is 203 Å². The third-order valence-electron chi connectivity index (χ3n) is 11.4. The molecule has 0 N–H and O–H groups in total. The van der Waals surface area contributed by atoms with Crippen LogP contribution >= 0.6 is 0 Å². The van der Waals surface area contributed by atoms with Crippen molar-refractivity contribution in [2.24, 2.45) is 0 Å². The van der Waals surface area contributed by atoms with Gasteiger partial charge >= 0.3 is 0 Å². The van der Waals surface area contributed by atoms with Gasteiger partial charge in [0.1, 0.15) is 46.0 Å². The van der Waals surface area contributed by atoms with E-state index in [0.717, 1.165) is 24.0 Å². The van der Waals surface area contributed by atoms with Crippen LogP contribution in [0.25, 0.3) is 11.1 Å². The molecule has 0 aromatic heterocycles. The first kappa shape index (κ1) is 45.4. The predicted molar refractivity (Wildman–Crippen MR) is 259 cm³/mol. The van der Waals surface area contributed by atoms with Gasteiger partial charge in [-0.15, -0.1) is 0 Å². The summed E-state index contributed by atoms with van der Waals surface area (Å²) in [6.45, 7) is 11.5. The summed E-state index contributed by atoms with van der Waals surface area (Å²) >= 11 is 0. The number of hydrogen-bond acceptors (Lipinski definition) is 8. The van der Waals surface area contributed by atoms with E-state index < -0.39 is 19.7 Å². The number of benzene rings is 8. The number of ether oxygens (including phenoxy) is 4. The third kappa shape index (κ3) is 10.1. The summed E-state index contributed by atoms with van der Waals surface area (Å²) in [4.78, 5) is 0.713. The molecular formula is C56H50O8S2. The minimum absolute atomic E-state index is 0.173. The van der Waals surface area contributed by atoms with Crippen molar-refractivity contribution in [1.29, 1.82) is 0 Å². The Labute approximate surface area is 387 Å². The van der Waals surface area contributed by atoms with Gasteiger partial charge in [-0.2, -0.15) is 0 Å². The summed E-state index contributed by atoms with van der Waals surface area (Å²) in [6.07, 6.45) is 1.87. The monoisotopic (exact) mass is 914 g/mol. The maximum Gasteiger partial charge on any atom is 0.206 e. The average molecular weight is 915 g/mol. The molecule has 334 valence electrons. The molecule has 0 bridgehead atoms. The van der Waals surface area contributed by atoms with Gasteiger partial charge in [-0.3, -0.25) is 0 Å². The Kier molecular flexibility index (Phi) is 13.2. The Morgan fingerprint density at radius 3 is 0.758 bits per heavy atom. The zero-order chi connectivity index (χ0) is 46.6. The normalized spacial score (nSPS) is 11.5. The van der Waals surface area contributed by atoms with Crippen LogP contribution in [0.4, 0.5) is 0 Å². The predicted octanol–water partition coefficient (Wildman–Crippen LogP) is 14.5. The second-order valence-corrected chi connectivity index (χ2v) is 20.1. The van der Waals surface area contributed by atoms with Gasteiger partial charge in [0.15, 0.2) is 0 Å². The topological polar surface area (TPSA) is 105 Å². The molecule has 8 aromatic rings. The van der Waals surface area contributed by atoms with Crippen molar-refractivity contribution >= 4 is 19.7 Å². The lowest BCUT2D eigenvalue weighted by Crippen LogP contribution is -2.03. The van der Waals surface area contributed by atoms with E-state index in [2.05, 4.69) is 13.8 Å². The molecule has 0 radical (unpaired) electrons. The minimum Gasteiger partial charge on any atom is -0.457 e. The van der Waals surface area contributed by atoms with E-state index in [9.17, 15) is 16.8 Å². The van der Waals surface area contributed by atoms with Crippen LogP contribution in [0.1, 0.15) is 47.2 Å². The molecule has 8 aromatic carbocycles. The zero-order valence-corrected chi connectivity index (χ0v) is 39.3. The maximum absolute atomic E-state index is 13.7.